The van der Waals surface area contributed by atoms with E-state index in [0.717, 1.165) is 27.0 Å². The van der Waals surface area contributed by atoms with Gasteiger partial charge in [0.15, 0.2) is 0 Å². The van der Waals surface area contributed by atoms with Gasteiger partial charge in [0.2, 0.25) is 0 Å². The third kappa shape index (κ3) is 2.12. The van der Waals surface area contributed by atoms with Crippen LogP contribution in [0, 0.1) is 0 Å². The monoisotopic (exact) mass is 305 g/mol. The summed E-state index contributed by atoms with van der Waals surface area (Å²) in [5, 5.41) is 0. The summed E-state index contributed by atoms with van der Waals surface area (Å²) >= 11 is 1.59. The average Bonchev–Trinajstić information content (AvgIpc) is 3.03. The lowest BCUT2D eigenvalue weighted by Crippen LogP contribution is -2.15. The number of fused-ring (bicyclic) bond motifs is 1. The van der Waals surface area contributed by atoms with Crippen LogP contribution in [0.15, 0.2) is 71.4 Å². The predicted octanol–water partition coefficient (Wildman–Crippen LogP) is 3.51. The molecule has 4 aromatic rings. The Balaban J connectivity index is 2.03. The SMILES string of the molecule is O=c1ccccn1-c1cc(-c2cccnc2)c2scnc2c1. The highest BCUT2D eigenvalue weighted by molar-refractivity contribution is 7.17. The van der Waals surface area contributed by atoms with Gasteiger partial charge in [-0.25, -0.2) is 4.98 Å². The van der Waals surface area contributed by atoms with Gasteiger partial charge in [0.25, 0.3) is 5.56 Å². The van der Waals surface area contributed by atoms with Crippen molar-refractivity contribution in [1.82, 2.24) is 14.5 Å². The van der Waals surface area contributed by atoms with Gasteiger partial charge in [-0.15, -0.1) is 11.3 Å². The molecular formula is C17H11N3OS. The van der Waals surface area contributed by atoms with Crippen molar-refractivity contribution < 1.29 is 0 Å². The van der Waals surface area contributed by atoms with Gasteiger partial charge in [-0.3, -0.25) is 14.3 Å². The van der Waals surface area contributed by atoms with Crippen molar-refractivity contribution in [2.24, 2.45) is 0 Å². The molecular weight excluding hydrogens is 294 g/mol. The molecule has 5 heteroatoms. The van der Waals surface area contributed by atoms with Crippen LogP contribution in [0.3, 0.4) is 0 Å². The summed E-state index contributed by atoms with van der Waals surface area (Å²) in [4.78, 5) is 20.7. The summed E-state index contributed by atoms with van der Waals surface area (Å²) in [5.41, 5.74) is 5.51. The molecule has 0 atom stereocenters. The maximum absolute atomic E-state index is 12.1. The quantitative estimate of drug-likeness (QED) is 0.569. The Hall–Kier alpha value is -2.79. The fraction of sp³-hybridized carbons (Fsp3) is 0. The summed E-state index contributed by atoms with van der Waals surface area (Å²) in [6.07, 6.45) is 5.34. The molecule has 0 spiro atoms. The maximum Gasteiger partial charge on any atom is 0.255 e. The van der Waals surface area contributed by atoms with Crippen LogP contribution >= 0.6 is 11.3 Å². The Morgan fingerprint density at radius 3 is 2.86 bits per heavy atom. The molecule has 3 aromatic heterocycles. The summed E-state index contributed by atoms with van der Waals surface area (Å²) < 4.78 is 2.72. The fourth-order valence-corrected chi connectivity index (χ4v) is 3.28. The largest absolute Gasteiger partial charge is 0.284 e. The number of hydrogen-bond donors (Lipinski definition) is 0. The normalized spacial score (nSPS) is 10.9. The number of hydrogen-bond acceptors (Lipinski definition) is 4. The third-order valence-corrected chi connectivity index (χ3v) is 4.37. The Morgan fingerprint density at radius 2 is 2.05 bits per heavy atom. The maximum atomic E-state index is 12.1. The average molecular weight is 305 g/mol. The van der Waals surface area contributed by atoms with E-state index >= 15 is 0 Å². The first-order valence-electron chi connectivity index (χ1n) is 6.78. The highest BCUT2D eigenvalue weighted by Gasteiger charge is 2.10. The van der Waals surface area contributed by atoms with Crippen LogP contribution in [0.1, 0.15) is 0 Å². The molecule has 0 N–H and O–H groups in total. The van der Waals surface area contributed by atoms with Crippen molar-refractivity contribution in [1.29, 1.82) is 0 Å². The van der Waals surface area contributed by atoms with E-state index in [1.54, 1.807) is 40.4 Å². The molecule has 0 aliphatic carbocycles. The molecule has 0 amide bonds. The van der Waals surface area contributed by atoms with E-state index < -0.39 is 0 Å². The van der Waals surface area contributed by atoms with E-state index in [1.165, 1.54) is 0 Å². The molecule has 3 heterocycles. The first kappa shape index (κ1) is 12.9. The van der Waals surface area contributed by atoms with E-state index in [9.17, 15) is 4.79 Å². The van der Waals surface area contributed by atoms with Gasteiger partial charge in [0.05, 0.1) is 21.4 Å². The van der Waals surface area contributed by atoms with Gasteiger partial charge in [-0.2, -0.15) is 0 Å². The lowest BCUT2D eigenvalue weighted by molar-refractivity contribution is 0.993. The van der Waals surface area contributed by atoms with Crippen LogP contribution in [0.5, 0.6) is 0 Å². The standard InChI is InChI=1S/C17H11N3OS/c21-16-5-1-2-7-20(16)13-8-14(12-4-3-6-18-10-12)17-15(9-13)19-11-22-17/h1-11H. The summed E-state index contributed by atoms with van der Waals surface area (Å²) in [5.74, 6) is 0. The van der Waals surface area contributed by atoms with Gasteiger partial charge in [0.1, 0.15) is 0 Å². The van der Waals surface area contributed by atoms with E-state index in [-0.39, 0.29) is 5.56 Å². The molecule has 0 fully saturated rings. The molecule has 1 aromatic carbocycles. The van der Waals surface area contributed by atoms with E-state index in [2.05, 4.69) is 9.97 Å². The number of thiazole rings is 1. The molecule has 0 bridgehead atoms. The van der Waals surface area contributed by atoms with Crippen molar-refractivity contribution in [3.8, 4) is 16.8 Å². The Bertz CT molecular complexity index is 1010. The third-order valence-electron chi connectivity index (χ3n) is 3.49. The summed E-state index contributed by atoms with van der Waals surface area (Å²) in [6.45, 7) is 0. The fourth-order valence-electron chi connectivity index (χ4n) is 2.47. The van der Waals surface area contributed by atoms with Gasteiger partial charge in [0, 0.05) is 35.8 Å². The number of pyridine rings is 2. The zero-order chi connectivity index (χ0) is 14.9. The van der Waals surface area contributed by atoms with Crippen LogP contribution in [-0.2, 0) is 0 Å². The van der Waals surface area contributed by atoms with Gasteiger partial charge in [-0.05, 0) is 24.3 Å². The second-order valence-electron chi connectivity index (χ2n) is 4.84. The smallest absolute Gasteiger partial charge is 0.255 e. The molecule has 4 rings (SSSR count). The van der Waals surface area contributed by atoms with Gasteiger partial charge < -0.3 is 0 Å². The zero-order valence-corrected chi connectivity index (χ0v) is 12.3. The highest BCUT2D eigenvalue weighted by atomic mass is 32.1. The van der Waals surface area contributed by atoms with E-state index in [0.29, 0.717) is 0 Å². The first-order chi connectivity index (χ1) is 10.8. The minimum Gasteiger partial charge on any atom is -0.284 e. The van der Waals surface area contributed by atoms with Crippen LogP contribution in [0.25, 0.3) is 27.0 Å². The molecule has 0 aliphatic rings. The first-order valence-corrected chi connectivity index (χ1v) is 7.66. The second kappa shape index (κ2) is 5.20. The van der Waals surface area contributed by atoms with Crippen molar-refractivity contribution >= 4 is 21.6 Å². The Morgan fingerprint density at radius 1 is 1.09 bits per heavy atom. The number of benzene rings is 1. The lowest BCUT2D eigenvalue weighted by Gasteiger charge is -2.09. The van der Waals surface area contributed by atoms with Crippen LogP contribution in [0.2, 0.25) is 0 Å². The Labute approximate surface area is 130 Å². The van der Waals surface area contributed by atoms with E-state index in [4.69, 9.17) is 0 Å². The molecule has 0 radical (unpaired) electrons. The molecule has 106 valence electrons. The molecule has 0 unspecified atom stereocenters. The minimum atomic E-state index is -0.0609. The van der Waals surface area contributed by atoms with Crippen LogP contribution < -0.4 is 5.56 Å². The molecule has 4 nitrogen and oxygen atoms in total. The highest BCUT2D eigenvalue weighted by Crippen LogP contribution is 2.32. The predicted molar refractivity (Wildman–Crippen MR) is 88.4 cm³/mol. The van der Waals surface area contributed by atoms with Crippen LogP contribution in [0.4, 0.5) is 0 Å². The van der Waals surface area contributed by atoms with Crippen LogP contribution in [-0.4, -0.2) is 14.5 Å². The second-order valence-corrected chi connectivity index (χ2v) is 5.70. The Kier molecular flexibility index (Phi) is 3.05. The minimum absolute atomic E-state index is 0.0609. The summed E-state index contributed by atoms with van der Waals surface area (Å²) in [6, 6.07) is 13.0. The lowest BCUT2D eigenvalue weighted by atomic mass is 10.1. The number of nitrogens with zero attached hydrogens (tertiary/aromatic N) is 3. The van der Waals surface area contributed by atoms with Gasteiger partial charge in [-0.1, -0.05) is 12.1 Å². The van der Waals surface area contributed by atoms with Gasteiger partial charge >= 0.3 is 0 Å². The molecule has 0 saturated heterocycles. The summed E-state index contributed by atoms with van der Waals surface area (Å²) in [7, 11) is 0. The zero-order valence-electron chi connectivity index (χ0n) is 11.5. The van der Waals surface area contributed by atoms with Crippen molar-refractivity contribution in [3.63, 3.8) is 0 Å². The van der Waals surface area contributed by atoms with Crippen molar-refractivity contribution in [2.75, 3.05) is 0 Å². The topological polar surface area (TPSA) is 47.8 Å². The molecule has 0 saturated carbocycles. The van der Waals surface area contributed by atoms with E-state index in [1.807, 2.05) is 42.0 Å². The number of aromatic nitrogens is 3. The van der Waals surface area contributed by atoms with Crippen molar-refractivity contribution in [3.05, 3.63) is 76.9 Å². The molecule has 22 heavy (non-hydrogen) atoms. The number of rotatable bonds is 2. The van der Waals surface area contributed by atoms with Crippen molar-refractivity contribution in [2.45, 2.75) is 0 Å². The molecule has 0 aliphatic heterocycles.